The molecule has 0 saturated carbocycles. The summed E-state index contributed by atoms with van der Waals surface area (Å²) in [7, 11) is 0. The molecule has 0 bridgehead atoms. The van der Waals surface area contributed by atoms with E-state index >= 15 is 0 Å². The number of allylic oxidation sites excluding steroid dienone is 1. The van der Waals surface area contributed by atoms with Gasteiger partial charge in [0.2, 0.25) is 0 Å². The van der Waals surface area contributed by atoms with Crippen molar-refractivity contribution < 1.29 is 27.8 Å². The molecule has 2 atom stereocenters. The molecule has 25 heavy (non-hydrogen) atoms. The SMILES string of the molecule is C/C=C/[C@H](c1ccc(C(F)(F)F)cc1)[C@H](CO)NC(=O)OC(C)(C)C. The van der Waals surface area contributed by atoms with E-state index in [0.717, 1.165) is 12.1 Å². The molecule has 0 spiro atoms. The van der Waals surface area contributed by atoms with Gasteiger partial charge in [-0.2, -0.15) is 13.2 Å². The molecule has 1 rings (SSSR count). The zero-order valence-electron chi connectivity index (χ0n) is 14.7. The Morgan fingerprint density at radius 1 is 1.24 bits per heavy atom. The van der Waals surface area contributed by atoms with Crippen LogP contribution in [0.4, 0.5) is 18.0 Å². The lowest BCUT2D eigenvalue weighted by Gasteiger charge is -2.27. The molecular formula is C18H24F3NO3. The van der Waals surface area contributed by atoms with Crippen LogP contribution in [0, 0.1) is 0 Å². The van der Waals surface area contributed by atoms with Gasteiger partial charge in [0.05, 0.1) is 18.2 Å². The molecule has 4 nitrogen and oxygen atoms in total. The van der Waals surface area contributed by atoms with Crippen molar-refractivity contribution in [2.24, 2.45) is 0 Å². The molecule has 0 heterocycles. The lowest BCUT2D eigenvalue weighted by molar-refractivity contribution is -0.137. The van der Waals surface area contributed by atoms with E-state index in [9.17, 15) is 23.1 Å². The van der Waals surface area contributed by atoms with Crippen LogP contribution < -0.4 is 5.32 Å². The van der Waals surface area contributed by atoms with Gasteiger partial charge in [-0.05, 0) is 45.4 Å². The van der Waals surface area contributed by atoms with E-state index in [1.54, 1.807) is 39.8 Å². The number of hydrogen-bond donors (Lipinski definition) is 2. The fraction of sp³-hybridized carbons (Fsp3) is 0.500. The number of hydrogen-bond acceptors (Lipinski definition) is 3. The first kappa shape index (κ1) is 21.0. The minimum absolute atomic E-state index is 0.394. The topological polar surface area (TPSA) is 58.6 Å². The van der Waals surface area contributed by atoms with Crippen molar-refractivity contribution in [1.82, 2.24) is 5.32 Å². The van der Waals surface area contributed by atoms with E-state index in [1.807, 2.05) is 0 Å². The highest BCUT2D eigenvalue weighted by molar-refractivity contribution is 5.68. The standard InChI is InChI=1S/C18H24F3NO3/c1-5-6-14(12-7-9-13(10-8-12)18(19,20)21)15(11-23)22-16(24)25-17(2,3)4/h5-10,14-15,23H,11H2,1-4H3,(H,22,24)/b6-5+/t14-,15+/m1/s1. The summed E-state index contributed by atoms with van der Waals surface area (Å²) >= 11 is 0. The number of carbonyl (C=O) groups excluding carboxylic acids is 1. The van der Waals surface area contributed by atoms with E-state index in [0.29, 0.717) is 5.56 Å². The first-order chi connectivity index (χ1) is 11.5. The number of benzene rings is 1. The Morgan fingerprint density at radius 3 is 2.20 bits per heavy atom. The van der Waals surface area contributed by atoms with Gasteiger partial charge in [0.1, 0.15) is 5.60 Å². The van der Waals surface area contributed by atoms with Gasteiger partial charge in [-0.1, -0.05) is 24.3 Å². The number of rotatable bonds is 5. The Bertz CT molecular complexity index is 589. The van der Waals surface area contributed by atoms with Gasteiger partial charge in [-0.25, -0.2) is 4.79 Å². The normalized spacial score (nSPS) is 15.0. The second-order valence-corrected chi connectivity index (χ2v) is 6.61. The van der Waals surface area contributed by atoms with Crippen LogP contribution >= 0.6 is 0 Å². The van der Waals surface area contributed by atoms with Crippen LogP contribution in [-0.4, -0.2) is 29.4 Å². The van der Waals surface area contributed by atoms with Gasteiger partial charge in [0.15, 0.2) is 0 Å². The largest absolute Gasteiger partial charge is 0.444 e. The lowest BCUT2D eigenvalue weighted by Crippen LogP contribution is -2.44. The Hall–Kier alpha value is -2.02. The molecule has 0 unspecified atom stereocenters. The van der Waals surface area contributed by atoms with E-state index in [1.165, 1.54) is 12.1 Å². The molecule has 1 aromatic rings. The van der Waals surface area contributed by atoms with Gasteiger partial charge in [0.25, 0.3) is 0 Å². The maximum atomic E-state index is 12.7. The van der Waals surface area contributed by atoms with Crippen LogP contribution in [0.25, 0.3) is 0 Å². The van der Waals surface area contributed by atoms with Crippen LogP contribution in [-0.2, 0) is 10.9 Å². The number of aliphatic hydroxyl groups is 1. The highest BCUT2D eigenvalue weighted by Gasteiger charge is 2.31. The Kier molecular flexibility index (Phi) is 7.05. The van der Waals surface area contributed by atoms with Crippen molar-refractivity contribution in [3.05, 3.63) is 47.5 Å². The van der Waals surface area contributed by atoms with Crippen molar-refractivity contribution in [1.29, 1.82) is 0 Å². The number of carbonyl (C=O) groups is 1. The number of ether oxygens (including phenoxy) is 1. The highest BCUT2D eigenvalue weighted by Crippen LogP contribution is 2.31. The van der Waals surface area contributed by atoms with Crippen LogP contribution in [0.1, 0.15) is 44.7 Å². The number of halogens is 3. The molecule has 7 heteroatoms. The fourth-order valence-corrected chi connectivity index (χ4v) is 2.29. The number of nitrogens with one attached hydrogen (secondary N) is 1. The average molecular weight is 359 g/mol. The summed E-state index contributed by atoms with van der Waals surface area (Å²) in [5.41, 5.74) is -0.911. The molecule has 1 amide bonds. The van der Waals surface area contributed by atoms with Crippen LogP contribution in [0.15, 0.2) is 36.4 Å². The number of aliphatic hydroxyl groups excluding tert-OH is 1. The molecular weight excluding hydrogens is 335 g/mol. The second kappa shape index (κ2) is 8.38. The van der Waals surface area contributed by atoms with Crippen molar-refractivity contribution in [2.75, 3.05) is 6.61 Å². The Morgan fingerprint density at radius 2 is 1.80 bits per heavy atom. The molecule has 0 radical (unpaired) electrons. The van der Waals surface area contributed by atoms with Crippen molar-refractivity contribution in [3.63, 3.8) is 0 Å². The summed E-state index contributed by atoms with van der Waals surface area (Å²) in [5.74, 6) is -0.496. The molecule has 0 saturated heterocycles. The average Bonchev–Trinajstić information content (AvgIpc) is 2.48. The molecule has 0 aliphatic heterocycles. The molecule has 0 aliphatic rings. The minimum Gasteiger partial charge on any atom is -0.444 e. The summed E-state index contributed by atoms with van der Waals surface area (Å²) in [4.78, 5) is 11.9. The molecule has 0 fully saturated rings. The van der Waals surface area contributed by atoms with Gasteiger partial charge in [-0.15, -0.1) is 0 Å². The van der Waals surface area contributed by atoms with Crippen LogP contribution in [0.3, 0.4) is 0 Å². The predicted molar refractivity (Wildman–Crippen MR) is 89.2 cm³/mol. The first-order valence-corrected chi connectivity index (χ1v) is 7.88. The van der Waals surface area contributed by atoms with E-state index in [2.05, 4.69) is 5.32 Å². The zero-order chi connectivity index (χ0) is 19.3. The van der Waals surface area contributed by atoms with Gasteiger partial charge < -0.3 is 15.2 Å². The summed E-state index contributed by atoms with van der Waals surface area (Å²) in [5, 5.41) is 12.2. The number of alkyl halides is 3. The van der Waals surface area contributed by atoms with E-state index in [-0.39, 0.29) is 0 Å². The highest BCUT2D eigenvalue weighted by atomic mass is 19.4. The van der Waals surface area contributed by atoms with Crippen LogP contribution in [0.5, 0.6) is 0 Å². The molecule has 0 aliphatic carbocycles. The summed E-state index contributed by atoms with van der Waals surface area (Å²) in [6.07, 6.45) is -1.70. The molecule has 1 aromatic carbocycles. The lowest BCUT2D eigenvalue weighted by atomic mass is 9.90. The quantitative estimate of drug-likeness (QED) is 0.773. The number of alkyl carbamates (subject to hydrolysis) is 1. The summed E-state index contributed by atoms with van der Waals surface area (Å²) in [6, 6.07) is 3.91. The summed E-state index contributed by atoms with van der Waals surface area (Å²) < 4.78 is 43.3. The Labute approximate surface area is 145 Å². The third kappa shape index (κ3) is 6.78. The molecule has 2 N–H and O–H groups in total. The molecule has 0 aromatic heterocycles. The number of amides is 1. The maximum absolute atomic E-state index is 12.7. The van der Waals surface area contributed by atoms with E-state index in [4.69, 9.17) is 4.74 Å². The fourth-order valence-electron chi connectivity index (χ4n) is 2.29. The second-order valence-electron chi connectivity index (χ2n) is 6.61. The summed E-state index contributed by atoms with van der Waals surface area (Å²) in [6.45, 7) is 6.48. The minimum atomic E-state index is -4.42. The van der Waals surface area contributed by atoms with Crippen molar-refractivity contribution >= 4 is 6.09 Å². The van der Waals surface area contributed by atoms with Gasteiger partial charge in [-0.3, -0.25) is 0 Å². The maximum Gasteiger partial charge on any atom is 0.416 e. The monoisotopic (exact) mass is 359 g/mol. The van der Waals surface area contributed by atoms with Gasteiger partial charge in [0, 0.05) is 5.92 Å². The van der Waals surface area contributed by atoms with Crippen molar-refractivity contribution in [3.8, 4) is 0 Å². The van der Waals surface area contributed by atoms with Gasteiger partial charge >= 0.3 is 12.3 Å². The predicted octanol–water partition coefficient (Wildman–Crippen LogP) is 4.25. The van der Waals surface area contributed by atoms with E-state index < -0.39 is 42.0 Å². The zero-order valence-corrected chi connectivity index (χ0v) is 14.7. The van der Waals surface area contributed by atoms with Crippen LogP contribution in [0.2, 0.25) is 0 Å². The smallest absolute Gasteiger partial charge is 0.416 e. The first-order valence-electron chi connectivity index (χ1n) is 7.88. The third-order valence-electron chi connectivity index (χ3n) is 3.36. The Balaban J connectivity index is 3.01. The molecule has 140 valence electrons. The van der Waals surface area contributed by atoms with Crippen molar-refractivity contribution in [2.45, 2.75) is 51.4 Å². The third-order valence-corrected chi connectivity index (χ3v) is 3.36.